The normalized spacial score (nSPS) is 10.1. The van der Waals surface area contributed by atoms with Gasteiger partial charge in [-0.25, -0.2) is 4.39 Å². The van der Waals surface area contributed by atoms with E-state index < -0.39 is 11.7 Å². The van der Waals surface area contributed by atoms with E-state index in [2.05, 4.69) is 5.32 Å². The lowest BCUT2D eigenvalue weighted by Gasteiger charge is -2.09. The van der Waals surface area contributed by atoms with Crippen LogP contribution in [0.25, 0.3) is 0 Å². The molecule has 104 valence electrons. The molecule has 0 bridgehead atoms. The minimum atomic E-state index is -0.428. The molecular formula is C14H12ClFN2O2. The zero-order chi connectivity index (χ0) is 14.5. The molecule has 0 radical (unpaired) electrons. The highest BCUT2D eigenvalue weighted by Gasteiger charge is 2.07. The fraction of sp³-hybridized carbons (Fsp3) is 0.0714. The van der Waals surface area contributed by atoms with Crippen molar-refractivity contribution in [2.45, 2.75) is 0 Å². The lowest BCUT2D eigenvalue weighted by molar-refractivity contribution is -0.118. The number of amides is 1. The molecule has 20 heavy (non-hydrogen) atoms. The molecule has 0 spiro atoms. The average molecular weight is 295 g/mol. The number of benzene rings is 2. The average Bonchev–Trinajstić information content (AvgIpc) is 2.40. The Kier molecular flexibility index (Phi) is 4.42. The number of nitrogen functional groups attached to an aromatic ring is 1. The number of halogens is 2. The molecule has 0 unspecified atom stereocenters. The van der Waals surface area contributed by atoms with Crippen molar-refractivity contribution in [1.82, 2.24) is 0 Å². The van der Waals surface area contributed by atoms with Gasteiger partial charge in [-0.2, -0.15) is 0 Å². The summed E-state index contributed by atoms with van der Waals surface area (Å²) < 4.78 is 18.2. The van der Waals surface area contributed by atoms with E-state index in [-0.39, 0.29) is 6.61 Å². The van der Waals surface area contributed by atoms with Gasteiger partial charge >= 0.3 is 0 Å². The Labute approximate surface area is 120 Å². The summed E-state index contributed by atoms with van der Waals surface area (Å²) in [5.41, 5.74) is 6.43. The number of carbonyl (C=O) groups excluding carboxylic acids is 1. The molecule has 0 atom stereocenters. The minimum absolute atomic E-state index is 0.250. The van der Waals surface area contributed by atoms with Gasteiger partial charge in [-0.15, -0.1) is 0 Å². The fourth-order valence-electron chi connectivity index (χ4n) is 1.54. The Balaban J connectivity index is 1.94. The number of nitrogens with one attached hydrogen (secondary N) is 1. The maximum atomic E-state index is 13.0. The van der Waals surface area contributed by atoms with Crippen LogP contribution >= 0.6 is 11.6 Å². The Hall–Kier alpha value is -2.27. The van der Waals surface area contributed by atoms with E-state index in [0.29, 0.717) is 22.1 Å². The Morgan fingerprint density at radius 1 is 1.30 bits per heavy atom. The monoisotopic (exact) mass is 294 g/mol. The van der Waals surface area contributed by atoms with Gasteiger partial charge in [0.1, 0.15) is 11.6 Å². The standard InChI is InChI=1S/C14H12ClFN2O2/c15-12-5-4-10(17)7-13(12)20-8-14(19)18-11-3-1-2-9(16)6-11/h1-7H,8,17H2,(H,18,19). The first-order chi connectivity index (χ1) is 9.54. The first kappa shape index (κ1) is 14.1. The number of hydrogen-bond acceptors (Lipinski definition) is 3. The zero-order valence-corrected chi connectivity index (χ0v) is 11.2. The molecule has 0 aliphatic carbocycles. The largest absolute Gasteiger partial charge is 0.482 e. The van der Waals surface area contributed by atoms with Crippen LogP contribution in [-0.4, -0.2) is 12.5 Å². The molecule has 0 saturated heterocycles. The Bertz CT molecular complexity index is 634. The highest BCUT2D eigenvalue weighted by molar-refractivity contribution is 6.32. The van der Waals surface area contributed by atoms with Gasteiger partial charge in [0.05, 0.1) is 5.02 Å². The maximum Gasteiger partial charge on any atom is 0.262 e. The van der Waals surface area contributed by atoms with Crippen molar-refractivity contribution in [1.29, 1.82) is 0 Å². The number of nitrogens with two attached hydrogens (primary N) is 1. The van der Waals surface area contributed by atoms with E-state index in [1.165, 1.54) is 24.3 Å². The lowest BCUT2D eigenvalue weighted by Crippen LogP contribution is -2.20. The van der Waals surface area contributed by atoms with Gasteiger partial charge in [0.15, 0.2) is 6.61 Å². The SMILES string of the molecule is Nc1ccc(Cl)c(OCC(=O)Nc2cccc(F)c2)c1. The summed E-state index contributed by atoms with van der Waals surface area (Å²) >= 11 is 5.90. The van der Waals surface area contributed by atoms with Crippen LogP contribution < -0.4 is 15.8 Å². The van der Waals surface area contributed by atoms with Crippen LogP contribution in [-0.2, 0) is 4.79 Å². The molecule has 1 amide bonds. The molecule has 4 nitrogen and oxygen atoms in total. The first-order valence-electron chi connectivity index (χ1n) is 5.78. The molecule has 2 rings (SSSR count). The molecule has 0 saturated carbocycles. The van der Waals surface area contributed by atoms with Crippen molar-refractivity contribution in [3.8, 4) is 5.75 Å². The molecule has 0 aromatic heterocycles. The van der Waals surface area contributed by atoms with Gasteiger partial charge in [0.25, 0.3) is 5.91 Å². The topological polar surface area (TPSA) is 64.3 Å². The third-order valence-electron chi connectivity index (χ3n) is 2.42. The summed E-state index contributed by atoms with van der Waals surface area (Å²) in [5.74, 6) is -0.530. The molecule has 0 heterocycles. The van der Waals surface area contributed by atoms with E-state index in [1.54, 1.807) is 18.2 Å². The number of anilines is 2. The number of ether oxygens (including phenoxy) is 1. The van der Waals surface area contributed by atoms with E-state index in [9.17, 15) is 9.18 Å². The molecule has 2 aromatic carbocycles. The molecular weight excluding hydrogens is 283 g/mol. The smallest absolute Gasteiger partial charge is 0.262 e. The van der Waals surface area contributed by atoms with Crippen LogP contribution in [0.15, 0.2) is 42.5 Å². The highest BCUT2D eigenvalue weighted by Crippen LogP contribution is 2.26. The number of hydrogen-bond donors (Lipinski definition) is 2. The van der Waals surface area contributed by atoms with Crippen molar-refractivity contribution < 1.29 is 13.9 Å². The minimum Gasteiger partial charge on any atom is -0.482 e. The predicted molar refractivity (Wildman–Crippen MR) is 76.4 cm³/mol. The van der Waals surface area contributed by atoms with Gasteiger partial charge in [-0.3, -0.25) is 4.79 Å². The molecule has 0 aliphatic rings. The van der Waals surface area contributed by atoms with E-state index in [1.807, 2.05) is 0 Å². The lowest BCUT2D eigenvalue weighted by atomic mass is 10.3. The fourth-order valence-corrected chi connectivity index (χ4v) is 1.71. The maximum absolute atomic E-state index is 13.0. The van der Waals surface area contributed by atoms with E-state index in [4.69, 9.17) is 22.1 Å². The molecule has 0 aliphatic heterocycles. The second kappa shape index (κ2) is 6.25. The Morgan fingerprint density at radius 2 is 2.10 bits per heavy atom. The van der Waals surface area contributed by atoms with Crippen LogP contribution in [0.2, 0.25) is 5.02 Å². The van der Waals surface area contributed by atoms with Crippen molar-refractivity contribution >= 4 is 28.9 Å². The summed E-state index contributed by atoms with van der Waals surface area (Å²) in [4.78, 5) is 11.7. The van der Waals surface area contributed by atoms with Crippen molar-refractivity contribution in [2.75, 3.05) is 17.7 Å². The van der Waals surface area contributed by atoms with Gasteiger partial charge in [-0.05, 0) is 30.3 Å². The highest BCUT2D eigenvalue weighted by atomic mass is 35.5. The number of carbonyl (C=O) groups is 1. The quantitative estimate of drug-likeness (QED) is 0.852. The van der Waals surface area contributed by atoms with Crippen molar-refractivity contribution in [3.63, 3.8) is 0 Å². The van der Waals surface area contributed by atoms with Crippen LogP contribution in [0, 0.1) is 5.82 Å². The van der Waals surface area contributed by atoms with Crippen molar-refractivity contribution in [2.24, 2.45) is 0 Å². The molecule has 6 heteroatoms. The predicted octanol–water partition coefficient (Wildman–Crippen LogP) is 3.08. The first-order valence-corrected chi connectivity index (χ1v) is 6.15. The summed E-state index contributed by atoms with van der Waals surface area (Å²) in [6, 6.07) is 10.3. The van der Waals surface area contributed by atoms with Crippen LogP contribution in [0.3, 0.4) is 0 Å². The third kappa shape index (κ3) is 3.86. The molecule has 3 N–H and O–H groups in total. The third-order valence-corrected chi connectivity index (χ3v) is 2.73. The van der Waals surface area contributed by atoms with Crippen LogP contribution in [0.5, 0.6) is 5.75 Å². The Morgan fingerprint density at radius 3 is 2.85 bits per heavy atom. The van der Waals surface area contributed by atoms with Crippen LogP contribution in [0.1, 0.15) is 0 Å². The van der Waals surface area contributed by atoms with Gasteiger partial charge in [-0.1, -0.05) is 17.7 Å². The summed E-state index contributed by atoms with van der Waals surface area (Å²) in [6.07, 6.45) is 0. The molecule has 2 aromatic rings. The van der Waals surface area contributed by atoms with E-state index in [0.717, 1.165) is 0 Å². The number of rotatable bonds is 4. The summed E-state index contributed by atoms with van der Waals surface area (Å²) in [7, 11) is 0. The van der Waals surface area contributed by atoms with Crippen LogP contribution in [0.4, 0.5) is 15.8 Å². The van der Waals surface area contributed by atoms with Gasteiger partial charge in [0, 0.05) is 17.4 Å². The summed E-state index contributed by atoms with van der Waals surface area (Å²) in [5, 5.41) is 2.87. The van der Waals surface area contributed by atoms with Crippen molar-refractivity contribution in [3.05, 3.63) is 53.3 Å². The second-order valence-electron chi connectivity index (χ2n) is 4.04. The second-order valence-corrected chi connectivity index (χ2v) is 4.44. The van der Waals surface area contributed by atoms with E-state index >= 15 is 0 Å². The van der Waals surface area contributed by atoms with Gasteiger partial charge in [0.2, 0.25) is 0 Å². The van der Waals surface area contributed by atoms with Gasteiger partial charge < -0.3 is 15.8 Å². The summed E-state index contributed by atoms with van der Waals surface area (Å²) in [6.45, 7) is -0.250. The molecule has 0 fully saturated rings. The zero-order valence-electron chi connectivity index (χ0n) is 10.4.